The van der Waals surface area contributed by atoms with Crippen LogP contribution in [0.1, 0.15) is 30.4 Å². The van der Waals surface area contributed by atoms with Crippen LogP contribution in [-0.2, 0) is 9.59 Å². The molecular weight excluding hydrogens is 375 g/mol. The second kappa shape index (κ2) is 8.34. The predicted octanol–water partition coefficient (Wildman–Crippen LogP) is 3.67. The first-order valence-electron chi connectivity index (χ1n) is 9.14. The van der Waals surface area contributed by atoms with Crippen molar-refractivity contribution < 1.29 is 23.5 Å². The van der Waals surface area contributed by atoms with Gasteiger partial charge in [0.25, 0.3) is 5.91 Å². The molecule has 0 bridgehead atoms. The van der Waals surface area contributed by atoms with Crippen molar-refractivity contribution in [3.63, 3.8) is 0 Å². The maximum atomic E-state index is 13.3. The minimum Gasteiger partial charge on any atom is -0.493 e. The smallest absolute Gasteiger partial charge is 0.253 e. The number of hydrogen-bond donors (Lipinski definition) is 2. The summed E-state index contributed by atoms with van der Waals surface area (Å²) in [5.74, 6) is -0.312. The van der Waals surface area contributed by atoms with Gasteiger partial charge in [-0.15, -0.1) is 0 Å². The van der Waals surface area contributed by atoms with Crippen molar-refractivity contribution in [1.29, 1.82) is 0 Å². The van der Waals surface area contributed by atoms with Crippen LogP contribution in [0, 0.1) is 12.7 Å². The highest BCUT2D eigenvalue weighted by Crippen LogP contribution is 2.36. The Morgan fingerprint density at radius 2 is 1.72 bits per heavy atom. The molecule has 0 radical (unpaired) electrons. The van der Waals surface area contributed by atoms with Crippen LogP contribution in [0.4, 0.5) is 10.1 Å². The van der Waals surface area contributed by atoms with E-state index in [2.05, 4.69) is 10.6 Å². The Morgan fingerprint density at radius 1 is 1.10 bits per heavy atom. The average molecular weight is 398 g/mol. The summed E-state index contributed by atoms with van der Waals surface area (Å²) >= 11 is 0. The van der Waals surface area contributed by atoms with E-state index in [1.807, 2.05) is 6.92 Å². The molecule has 0 aromatic heterocycles. The van der Waals surface area contributed by atoms with E-state index in [0.717, 1.165) is 5.56 Å². The number of carbonyl (C=O) groups excluding carboxylic acids is 2. The first kappa shape index (κ1) is 20.4. The third kappa shape index (κ3) is 4.23. The molecule has 2 aromatic carbocycles. The zero-order valence-electron chi connectivity index (χ0n) is 16.8. The minimum absolute atomic E-state index is 0.108. The Balaban J connectivity index is 1.96. The summed E-state index contributed by atoms with van der Waals surface area (Å²) < 4.78 is 23.9. The van der Waals surface area contributed by atoms with Crippen molar-refractivity contribution in [2.45, 2.75) is 26.2 Å². The summed E-state index contributed by atoms with van der Waals surface area (Å²) in [5.41, 5.74) is 2.99. The van der Waals surface area contributed by atoms with Gasteiger partial charge in [-0.1, -0.05) is 12.1 Å². The topological polar surface area (TPSA) is 76.7 Å². The number of carbonyl (C=O) groups is 2. The lowest BCUT2D eigenvalue weighted by atomic mass is 9.84. The molecule has 152 valence electrons. The number of nitrogens with one attached hydrogen (secondary N) is 2. The van der Waals surface area contributed by atoms with Crippen molar-refractivity contribution in [1.82, 2.24) is 5.32 Å². The lowest BCUT2D eigenvalue weighted by Crippen LogP contribution is -2.35. The van der Waals surface area contributed by atoms with Crippen molar-refractivity contribution in [2.24, 2.45) is 0 Å². The van der Waals surface area contributed by atoms with E-state index in [0.29, 0.717) is 34.0 Å². The van der Waals surface area contributed by atoms with Crippen LogP contribution in [0.15, 0.2) is 47.7 Å². The molecule has 0 saturated carbocycles. The van der Waals surface area contributed by atoms with E-state index in [1.165, 1.54) is 19.2 Å². The molecule has 1 heterocycles. The Hall–Kier alpha value is -3.35. The summed E-state index contributed by atoms with van der Waals surface area (Å²) in [4.78, 5) is 25.3. The van der Waals surface area contributed by atoms with Gasteiger partial charge in [0.2, 0.25) is 5.91 Å². The monoisotopic (exact) mass is 398 g/mol. The van der Waals surface area contributed by atoms with Crippen LogP contribution in [0.5, 0.6) is 11.5 Å². The molecular formula is C22H23FN2O4. The molecule has 7 heteroatoms. The van der Waals surface area contributed by atoms with Gasteiger partial charge in [0, 0.05) is 35.4 Å². The van der Waals surface area contributed by atoms with E-state index >= 15 is 0 Å². The highest BCUT2D eigenvalue weighted by molar-refractivity contribution is 6.07. The highest BCUT2D eigenvalue weighted by atomic mass is 19.1. The zero-order valence-corrected chi connectivity index (χ0v) is 16.8. The molecule has 0 spiro atoms. The molecule has 3 rings (SSSR count). The summed E-state index contributed by atoms with van der Waals surface area (Å²) in [7, 11) is 3.06. The number of ether oxygens (including phenoxy) is 2. The van der Waals surface area contributed by atoms with Crippen molar-refractivity contribution >= 4 is 17.5 Å². The Bertz CT molecular complexity index is 983. The number of hydrogen-bond acceptors (Lipinski definition) is 4. The Morgan fingerprint density at radius 3 is 2.34 bits per heavy atom. The third-order valence-electron chi connectivity index (χ3n) is 4.96. The Labute approximate surface area is 168 Å². The number of benzene rings is 2. The standard InChI is InChI=1S/C22H23FN2O4/c1-12-9-18(28-3)19(29-4)11-17(12)25-22(27)21-13(2)24-20(26)10-16(21)14-5-7-15(23)8-6-14/h5-9,11,16H,10H2,1-4H3,(H,24,26)(H,25,27). The van der Waals surface area contributed by atoms with Crippen molar-refractivity contribution in [2.75, 3.05) is 19.5 Å². The molecule has 1 atom stereocenters. The van der Waals surface area contributed by atoms with Crippen molar-refractivity contribution in [3.05, 3.63) is 64.6 Å². The van der Waals surface area contributed by atoms with E-state index < -0.39 is 5.92 Å². The number of anilines is 1. The molecule has 2 amide bonds. The molecule has 29 heavy (non-hydrogen) atoms. The van der Waals surface area contributed by atoms with E-state index in [4.69, 9.17) is 9.47 Å². The molecule has 1 aliphatic heterocycles. The van der Waals surface area contributed by atoms with Crippen LogP contribution in [0.25, 0.3) is 0 Å². The van der Waals surface area contributed by atoms with Gasteiger partial charge in [0.1, 0.15) is 5.82 Å². The number of amides is 2. The molecule has 1 aliphatic rings. The summed E-state index contributed by atoms with van der Waals surface area (Å²) in [5, 5.41) is 5.63. The first-order valence-corrected chi connectivity index (χ1v) is 9.14. The first-order chi connectivity index (χ1) is 13.8. The number of halogens is 1. The van der Waals surface area contributed by atoms with E-state index in [1.54, 1.807) is 38.3 Å². The van der Waals surface area contributed by atoms with Gasteiger partial charge in [0.15, 0.2) is 11.5 Å². The maximum Gasteiger partial charge on any atom is 0.253 e. The second-order valence-corrected chi connectivity index (χ2v) is 6.87. The minimum atomic E-state index is -0.468. The molecule has 2 N–H and O–H groups in total. The van der Waals surface area contributed by atoms with Gasteiger partial charge in [-0.3, -0.25) is 9.59 Å². The van der Waals surface area contributed by atoms with Gasteiger partial charge < -0.3 is 20.1 Å². The van der Waals surface area contributed by atoms with Crippen LogP contribution in [0.3, 0.4) is 0 Å². The van der Waals surface area contributed by atoms with Crippen LogP contribution < -0.4 is 20.1 Å². The fourth-order valence-corrected chi connectivity index (χ4v) is 3.49. The number of methoxy groups -OCH3 is 2. The van der Waals surface area contributed by atoms with Crippen molar-refractivity contribution in [3.8, 4) is 11.5 Å². The highest BCUT2D eigenvalue weighted by Gasteiger charge is 2.32. The normalized spacial score (nSPS) is 16.3. The largest absolute Gasteiger partial charge is 0.493 e. The van der Waals surface area contributed by atoms with Gasteiger partial charge >= 0.3 is 0 Å². The maximum absolute atomic E-state index is 13.3. The van der Waals surface area contributed by atoms with Gasteiger partial charge in [0.05, 0.1) is 14.2 Å². The fourth-order valence-electron chi connectivity index (χ4n) is 3.49. The van der Waals surface area contributed by atoms with Crippen LogP contribution in [-0.4, -0.2) is 26.0 Å². The molecule has 1 unspecified atom stereocenters. The number of rotatable bonds is 5. The summed E-state index contributed by atoms with van der Waals surface area (Å²) in [6, 6.07) is 9.31. The molecule has 6 nitrogen and oxygen atoms in total. The number of aryl methyl sites for hydroxylation is 1. The zero-order chi connectivity index (χ0) is 21.1. The molecule has 0 aliphatic carbocycles. The van der Waals surface area contributed by atoms with Gasteiger partial charge in [-0.05, 0) is 43.2 Å². The predicted molar refractivity (Wildman–Crippen MR) is 108 cm³/mol. The SMILES string of the molecule is COc1cc(C)c(NC(=O)C2=C(C)NC(=O)CC2c2ccc(F)cc2)cc1OC. The lowest BCUT2D eigenvalue weighted by Gasteiger charge is -2.27. The lowest BCUT2D eigenvalue weighted by molar-refractivity contribution is -0.121. The molecule has 0 saturated heterocycles. The quantitative estimate of drug-likeness (QED) is 0.806. The van der Waals surface area contributed by atoms with Crippen LogP contribution in [0.2, 0.25) is 0 Å². The summed E-state index contributed by atoms with van der Waals surface area (Å²) in [6.45, 7) is 3.53. The van der Waals surface area contributed by atoms with Gasteiger partial charge in [-0.2, -0.15) is 0 Å². The fraction of sp³-hybridized carbons (Fsp3) is 0.273. The average Bonchev–Trinajstić information content (AvgIpc) is 2.69. The van der Waals surface area contributed by atoms with E-state index in [9.17, 15) is 14.0 Å². The van der Waals surface area contributed by atoms with Gasteiger partial charge in [-0.25, -0.2) is 4.39 Å². The number of allylic oxidation sites excluding steroid dienone is 1. The van der Waals surface area contributed by atoms with E-state index in [-0.39, 0.29) is 24.1 Å². The Kier molecular flexibility index (Phi) is 5.87. The second-order valence-electron chi connectivity index (χ2n) is 6.87. The third-order valence-corrected chi connectivity index (χ3v) is 4.96. The molecule has 0 fully saturated rings. The molecule has 2 aromatic rings. The van der Waals surface area contributed by atoms with Crippen LogP contribution >= 0.6 is 0 Å². The summed E-state index contributed by atoms with van der Waals surface area (Å²) in [6.07, 6.45) is 0.108.